The van der Waals surface area contributed by atoms with Crippen molar-refractivity contribution in [3.63, 3.8) is 0 Å². The minimum Gasteiger partial charge on any atom is -0.464 e. The van der Waals surface area contributed by atoms with Gasteiger partial charge in [0.2, 0.25) is 10.0 Å². The van der Waals surface area contributed by atoms with Crippen molar-refractivity contribution in [1.29, 1.82) is 0 Å². The van der Waals surface area contributed by atoms with Gasteiger partial charge >= 0.3 is 0 Å². The third kappa shape index (κ3) is 8.55. The summed E-state index contributed by atoms with van der Waals surface area (Å²) < 4.78 is 46.3. The predicted octanol–water partition coefficient (Wildman–Crippen LogP) is 4.57. The van der Waals surface area contributed by atoms with Gasteiger partial charge in [0.1, 0.15) is 11.6 Å². The molecule has 0 unspecified atom stereocenters. The topological polar surface area (TPSA) is 147 Å². The smallest absolute Gasteiger partial charge is 0.251 e. The van der Waals surface area contributed by atoms with Gasteiger partial charge in [0.15, 0.2) is 0 Å². The zero-order valence-corrected chi connectivity index (χ0v) is 27.4. The molecule has 0 saturated heterocycles. The Kier molecular flexibility index (Phi) is 10.4. The fraction of sp³-hybridized carbons (Fsp3) is 0.229. The lowest BCUT2D eigenvalue weighted by atomic mass is 10.00. The summed E-state index contributed by atoms with van der Waals surface area (Å²) in [4.78, 5) is 27.3. The highest BCUT2D eigenvalue weighted by Gasteiger charge is 2.26. The predicted molar refractivity (Wildman–Crippen MR) is 179 cm³/mol. The summed E-state index contributed by atoms with van der Waals surface area (Å²) in [6.45, 7) is 1.77. The van der Waals surface area contributed by atoms with Crippen LogP contribution in [-0.2, 0) is 23.0 Å². The molecule has 2 aromatic heterocycles. The van der Waals surface area contributed by atoms with E-state index in [-0.39, 0.29) is 29.8 Å². The largest absolute Gasteiger partial charge is 0.464 e. The molecule has 0 spiro atoms. The number of rotatable bonds is 13. The number of amides is 2. The second kappa shape index (κ2) is 14.7. The van der Waals surface area contributed by atoms with E-state index in [1.165, 1.54) is 37.4 Å². The molecule has 0 aliphatic carbocycles. The monoisotopic (exact) mass is 673 g/mol. The second-order valence-electron chi connectivity index (χ2n) is 11.5. The lowest BCUT2D eigenvalue weighted by Gasteiger charge is -2.25. The number of hydrogen-bond donors (Lipinski definition) is 3. The van der Waals surface area contributed by atoms with Crippen molar-refractivity contribution >= 4 is 27.5 Å². The third-order valence-corrected chi connectivity index (χ3v) is 9.12. The zero-order valence-electron chi connectivity index (χ0n) is 26.6. The quantitative estimate of drug-likeness (QED) is 0.166. The Hall–Kier alpha value is -5.27. The number of halogens is 1. The summed E-state index contributed by atoms with van der Waals surface area (Å²) in [5.74, 6) is -0.994. The third-order valence-electron chi connectivity index (χ3n) is 7.91. The number of aromatic nitrogens is 2. The van der Waals surface area contributed by atoms with Crippen LogP contribution in [0.4, 0.5) is 10.1 Å². The van der Waals surface area contributed by atoms with Gasteiger partial charge in [-0.25, -0.2) is 12.8 Å². The van der Waals surface area contributed by atoms with Crippen LogP contribution in [0.5, 0.6) is 0 Å². The molecule has 0 aliphatic heterocycles. The fourth-order valence-corrected chi connectivity index (χ4v) is 5.61. The molecular formula is C35H36FN5O6S. The first-order valence-electron chi connectivity index (χ1n) is 15.1. The van der Waals surface area contributed by atoms with Crippen LogP contribution in [0.3, 0.4) is 0 Å². The van der Waals surface area contributed by atoms with Crippen LogP contribution in [0, 0.1) is 5.82 Å². The van der Waals surface area contributed by atoms with Crippen molar-refractivity contribution in [3.8, 4) is 11.3 Å². The Labute approximate surface area is 278 Å². The summed E-state index contributed by atoms with van der Waals surface area (Å²) in [7, 11) is -2.44. The van der Waals surface area contributed by atoms with Gasteiger partial charge in [-0.3, -0.25) is 18.6 Å². The summed E-state index contributed by atoms with van der Waals surface area (Å²) in [6, 6.07) is 21.3. The van der Waals surface area contributed by atoms with Crippen LogP contribution >= 0.6 is 0 Å². The molecule has 13 heteroatoms. The molecular weight excluding hydrogens is 637 g/mol. The van der Waals surface area contributed by atoms with Crippen LogP contribution in [0.2, 0.25) is 0 Å². The van der Waals surface area contributed by atoms with Crippen LogP contribution in [0.25, 0.3) is 11.3 Å². The van der Waals surface area contributed by atoms with E-state index in [9.17, 15) is 27.5 Å². The number of hydrogen-bond acceptors (Lipinski definition) is 7. The maximum absolute atomic E-state index is 13.8. The van der Waals surface area contributed by atoms with Crippen LogP contribution in [-0.4, -0.2) is 60.6 Å². The highest BCUT2D eigenvalue weighted by atomic mass is 32.2. The molecule has 3 atom stereocenters. The minimum absolute atomic E-state index is 0.00652. The molecule has 0 radical (unpaired) electrons. The first-order chi connectivity index (χ1) is 22.9. The molecule has 0 aliphatic rings. The molecule has 0 saturated carbocycles. The minimum atomic E-state index is -3.76. The lowest BCUT2D eigenvalue weighted by molar-refractivity contribution is 0.0780. The molecule has 2 amide bonds. The number of sulfonamides is 1. The van der Waals surface area contributed by atoms with E-state index in [0.717, 1.165) is 21.7 Å². The molecule has 11 nitrogen and oxygen atoms in total. The van der Waals surface area contributed by atoms with Gasteiger partial charge in [0.25, 0.3) is 11.8 Å². The number of nitrogens with one attached hydrogen (secondary N) is 2. The van der Waals surface area contributed by atoms with Gasteiger partial charge in [0, 0.05) is 24.4 Å². The maximum Gasteiger partial charge on any atom is 0.251 e. The number of nitrogens with zero attached hydrogens (tertiary/aromatic N) is 3. The van der Waals surface area contributed by atoms with Crippen molar-refractivity contribution in [1.82, 2.24) is 20.4 Å². The first-order valence-corrected chi connectivity index (χ1v) is 17.0. The number of furan rings is 1. The number of carbonyl (C=O) groups is 2. The Morgan fingerprint density at radius 3 is 2.27 bits per heavy atom. The molecule has 0 bridgehead atoms. The highest BCUT2D eigenvalue weighted by molar-refractivity contribution is 7.92. The fourth-order valence-electron chi connectivity index (χ4n) is 5.12. The summed E-state index contributed by atoms with van der Waals surface area (Å²) in [5.41, 5.74) is 2.36. The number of aliphatic hydroxyl groups is 1. The van der Waals surface area contributed by atoms with Crippen LogP contribution in [0.1, 0.15) is 44.8 Å². The van der Waals surface area contributed by atoms with Gasteiger partial charge < -0.3 is 20.2 Å². The van der Waals surface area contributed by atoms with E-state index >= 15 is 0 Å². The molecule has 5 rings (SSSR count). The normalized spacial score (nSPS) is 13.4. The molecule has 3 N–H and O–H groups in total. The highest BCUT2D eigenvalue weighted by Crippen LogP contribution is 2.23. The number of carbonyl (C=O) groups excluding carboxylic acids is 2. The molecule has 5 aromatic rings. The Balaban J connectivity index is 1.42. The van der Waals surface area contributed by atoms with Crippen LogP contribution < -0.4 is 14.9 Å². The average Bonchev–Trinajstić information content (AvgIpc) is 3.77. The van der Waals surface area contributed by atoms with Crippen molar-refractivity contribution in [2.75, 3.05) is 17.6 Å². The summed E-state index contributed by atoms with van der Waals surface area (Å²) in [6.07, 6.45) is 5.08. The van der Waals surface area contributed by atoms with Gasteiger partial charge in [-0.1, -0.05) is 42.5 Å². The van der Waals surface area contributed by atoms with Crippen molar-refractivity contribution in [2.24, 2.45) is 0 Å². The van der Waals surface area contributed by atoms with E-state index in [0.29, 0.717) is 11.3 Å². The van der Waals surface area contributed by atoms with Crippen molar-refractivity contribution in [3.05, 3.63) is 132 Å². The molecule has 2 heterocycles. The number of anilines is 1. The summed E-state index contributed by atoms with van der Waals surface area (Å²) >= 11 is 0. The summed E-state index contributed by atoms with van der Waals surface area (Å²) in [5, 5.41) is 21.4. The van der Waals surface area contributed by atoms with E-state index < -0.39 is 45.8 Å². The Morgan fingerprint density at radius 2 is 1.65 bits per heavy atom. The SMILES string of the molecule is C[C@@H](NC(=O)c1cc(C(=O)N[C@@H](Cc2ccccc2)[C@@H](O)Cn2cc(-c3ccco3)cn2)cc(N(C)S(C)(=O)=O)c1)c1ccc(F)cc1. The maximum atomic E-state index is 13.8. The Morgan fingerprint density at radius 1 is 0.979 bits per heavy atom. The average molecular weight is 674 g/mol. The molecule has 3 aromatic carbocycles. The van der Waals surface area contributed by atoms with E-state index in [1.54, 1.807) is 54.5 Å². The molecule has 250 valence electrons. The second-order valence-corrected chi connectivity index (χ2v) is 13.5. The van der Waals surface area contributed by atoms with Gasteiger partial charge in [-0.15, -0.1) is 0 Å². The van der Waals surface area contributed by atoms with Gasteiger partial charge in [-0.2, -0.15) is 5.10 Å². The van der Waals surface area contributed by atoms with E-state index in [2.05, 4.69) is 15.7 Å². The Bertz CT molecular complexity index is 1960. The molecule has 0 fully saturated rings. The zero-order chi connectivity index (χ0) is 34.4. The lowest BCUT2D eigenvalue weighted by Crippen LogP contribution is -2.46. The first kappa shape index (κ1) is 34.1. The van der Waals surface area contributed by atoms with E-state index in [1.807, 2.05) is 30.3 Å². The standard InChI is InChI=1S/C35H36FN5O6S/c1-23(25-11-13-29(36)14-12-25)38-34(43)26-17-27(19-30(18-26)40(2)48(3,45)46)35(44)39-31(16-24-8-5-4-6-9-24)32(42)22-41-21-28(20-37-41)33-10-7-15-47-33/h4-15,17-21,23,31-32,42H,16,22H2,1-3H3,(H,38,43)(H,39,44)/t23-,31+,32+/m1/s1. The van der Waals surface area contributed by atoms with Crippen molar-refractivity contribution in [2.45, 2.75) is 38.1 Å². The van der Waals surface area contributed by atoms with Crippen LogP contribution in [0.15, 0.2) is 108 Å². The van der Waals surface area contributed by atoms with Gasteiger partial charge in [0.05, 0.1) is 54.7 Å². The van der Waals surface area contributed by atoms with E-state index in [4.69, 9.17) is 4.42 Å². The number of benzene rings is 3. The van der Waals surface area contributed by atoms with Crippen molar-refractivity contribution < 1.29 is 31.9 Å². The molecule has 48 heavy (non-hydrogen) atoms. The number of aliphatic hydroxyl groups excluding tert-OH is 1. The van der Waals surface area contributed by atoms with Gasteiger partial charge in [-0.05, 0) is 66.9 Å².